The second-order valence-electron chi connectivity index (χ2n) is 7.33. The first-order chi connectivity index (χ1) is 16.1. The van der Waals surface area contributed by atoms with Crippen LogP contribution in [0.25, 0.3) is 0 Å². The van der Waals surface area contributed by atoms with Crippen LogP contribution < -0.4 is 37.9 Å². The van der Waals surface area contributed by atoms with Gasteiger partial charge in [0.25, 0.3) is 5.91 Å². The molecule has 1 heterocycles. The van der Waals surface area contributed by atoms with Crippen molar-refractivity contribution in [2.75, 3.05) is 46.1 Å². The van der Waals surface area contributed by atoms with Crippen LogP contribution in [-0.4, -0.2) is 110 Å². The van der Waals surface area contributed by atoms with E-state index in [2.05, 4.69) is 32.1 Å². The van der Waals surface area contributed by atoms with Gasteiger partial charge in [-0.05, 0) is 6.92 Å². The molecule has 4 atom stereocenters. The number of amides is 6. The second-order valence-corrected chi connectivity index (χ2v) is 7.33. The van der Waals surface area contributed by atoms with E-state index in [0.717, 1.165) is 0 Å². The van der Waals surface area contributed by atoms with Gasteiger partial charge in [0.2, 0.25) is 17.7 Å². The van der Waals surface area contributed by atoms with Crippen LogP contribution in [0.15, 0.2) is 0 Å². The lowest BCUT2D eigenvalue weighted by molar-refractivity contribution is -0.134. The number of aliphatic hydroxyl groups is 2. The van der Waals surface area contributed by atoms with Crippen molar-refractivity contribution in [3.8, 4) is 0 Å². The van der Waals surface area contributed by atoms with E-state index in [0.29, 0.717) is 0 Å². The molecule has 1 fully saturated rings. The molecule has 0 bridgehead atoms. The number of rotatable bonds is 4. The smallest absolute Gasteiger partial charge is 0.315 e. The fourth-order valence-electron chi connectivity index (χ4n) is 2.71. The van der Waals surface area contributed by atoms with Gasteiger partial charge in [0.1, 0.15) is 18.7 Å². The van der Waals surface area contributed by atoms with Crippen LogP contribution in [0.2, 0.25) is 0 Å². The van der Waals surface area contributed by atoms with Crippen molar-refractivity contribution in [3.63, 3.8) is 0 Å². The highest BCUT2D eigenvalue weighted by Gasteiger charge is 2.26. The summed E-state index contributed by atoms with van der Waals surface area (Å²) in [5, 5.41) is 28.7. The van der Waals surface area contributed by atoms with Crippen LogP contribution >= 0.6 is 0 Å². The number of aliphatic hydroxyl groups excluding tert-OH is 2. The summed E-state index contributed by atoms with van der Waals surface area (Å²) in [7, 11) is 0. The summed E-state index contributed by atoms with van der Waals surface area (Å²) in [6.07, 6.45) is -1.57. The minimum atomic E-state index is -1.32. The number of urea groups is 1. The summed E-state index contributed by atoms with van der Waals surface area (Å²) >= 11 is 0. The van der Waals surface area contributed by atoms with Gasteiger partial charge in [0, 0.05) is 19.5 Å². The molecule has 34 heavy (non-hydrogen) atoms. The van der Waals surface area contributed by atoms with Gasteiger partial charge in [0.05, 0.1) is 38.6 Å². The molecule has 16 nitrogen and oxygen atoms in total. The fraction of sp³-hybridized carbons (Fsp3) is 0.722. The molecule has 0 aromatic carbocycles. The first kappa shape index (κ1) is 29.0. The topological polar surface area (TPSA) is 242 Å². The number of nitrogens with two attached hydrogens (primary N) is 1. The number of carbonyl (C=O) groups excluding carboxylic acids is 5. The van der Waals surface area contributed by atoms with Crippen LogP contribution in [0.1, 0.15) is 13.3 Å². The molecule has 1 rings (SSSR count). The Hall–Kier alpha value is -3.05. The lowest BCUT2D eigenvalue weighted by Crippen LogP contribution is -2.59. The van der Waals surface area contributed by atoms with E-state index >= 15 is 0 Å². The summed E-state index contributed by atoms with van der Waals surface area (Å²) < 4.78 is 10.4. The summed E-state index contributed by atoms with van der Waals surface area (Å²) in [4.78, 5) is 60.1. The first-order valence-electron chi connectivity index (χ1n) is 10.5. The number of hydrogen-bond donors (Lipinski definition) is 9. The highest BCUT2D eigenvalue weighted by atomic mass is 16.5. The molecule has 1 aliphatic heterocycles. The largest absolute Gasteiger partial charge is 0.394 e. The maximum absolute atomic E-state index is 12.4. The molecule has 10 N–H and O–H groups in total. The third kappa shape index (κ3) is 11.7. The first-order valence-corrected chi connectivity index (χ1v) is 10.5. The number of carbonyl (C=O) groups is 5. The zero-order chi connectivity index (χ0) is 25.5. The molecule has 0 aromatic heterocycles. The summed E-state index contributed by atoms with van der Waals surface area (Å²) in [6.45, 7) is 0.383. The zero-order valence-electron chi connectivity index (χ0n) is 18.8. The van der Waals surface area contributed by atoms with E-state index in [4.69, 9.17) is 15.2 Å². The number of primary amides is 1. The molecule has 0 spiro atoms. The minimum absolute atomic E-state index is 0.0523. The Morgan fingerprint density at radius 3 is 2.44 bits per heavy atom. The average Bonchev–Trinajstić information content (AvgIpc) is 2.75. The van der Waals surface area contributed by atoms with Crippen LogP contribution in [0, 0.1) is 0 Å². The van der Waals surface area contributed by atoms with Crippen molar-refractivity contribution >= 4 is 29.7 Å². The molecular weight excluding hydrogens is 458 g/mol. The second kappa shape index (κ2) is 15.7. The third-order valence-electron chi connectivity index (χ3n) is 4.38. The highest BCUT2D eigenvalue weighted by Crippen LogP contribution is 1.95. The highest BCUT2D eigenvalue weighted by molar-refractivity contribution is 5.88. The normalized spacial score (nSPS) is 25.9. The number of ether oxygens (including phenoxy) is 2. The van der Waals surface area contributed by atoms with Crippen molar-refractivity contribution in [3.05, 3.63) is 0 Å². The Morgan fingerprint density at radius 2 is 1.79 bits per heavy atom. The fourth-order valence-corrected chi connectivity index (χ4v) is 2.71. The van der Waals surface area contributed by atoms with E-state index in [-0.39, 0.29) is 45.9 Å². The number of hydrogen-bond acceptors (Lipinski definition) is 10. The predicted octanol–water partition coefficient (Wildman–Crippen LogP) is -5.46. The summed E-state index contributed by atoms with van der Waals surface area (Å²) in [5.41, 5.74) is 9.93. The average molecular weight is 492 g/mol. The monoisotopic (exact) mass is 491 g/mol. The van der Waals surface area contributed by atoms with Crippen molar-refractivity contribution in [2.24, 2.45) is 5.73 Å². The quantitative estimate of drug-likeness (QED) is 0.181. The maximum atomic E-state index is 12.4. The molecule has 1 unspecified atom stereocenters. The predicted molar refractivity (Wildman–Crippen MR) is 115 cm³/mol. The molecule has 1 aliphatic rings. The summed E-state index contributed by atoms with van der Waals surface area (Å²) in [5.74, 6) is -2.87. The van der Waals surface area contributed by atoms with Crippen LogP contribution in [0.3, 0.4) is 0 Å². The Morgan fingerprint density at radius 1 is 1.09 bits per heavy atom. The van der Waals surface area contributed by atoms with Gasteiger partial charge in [-0.3, -0.25) is 24.6 Å². The van der Waals surface area contributed by atoms with E-state index in [1.165, 1.54) is 6.92 Å². The van der Waals surface area contributed by atoms with Crippen LogP contribution in [0.5, 0.6) is 0 Å². The van der Waals surface area contributed by atoms with E-state index in [1.807, 2.05) is 0 Å². The Kier molecular flexibility index (Phi) is 13.4. The molecule has 6 amide bonds. The lowest BCUT2D eigenvalue weighted by atomic mass is 10.1. The standard InChI is InChI=1S/C18H33N7O9/c1-10(27)15-17(31)25-21-7-11(6-13(19)28)22-18(32)23-12(8-26)16(30)20-2-3-33-4-5-34-9-14(29)24-15/h10-12,15,21,26-27H,2-9H2,1H3,(H2,19,28)(H,20,30)(H,24,29)(H,25,31)(H2,22,23,32)/t10-,11+,12+,15?/m0/s1. The van der Waals surface area contributed by atoms with Crippen molar-refractivity contribution in [1.82, 2.24) is 32.1 Å². The van der Waals surface area contributed by atoms with Crippen LogP contribution in [0.4, 0.5) is 4.79 Å². The van der Waals surface area contributed by atoms with Gasteiger partial charge < -0.3 is 46.7 Å². The van der Waals surface area contributed by atoms with Gasteiger partial charge in [0.15, 0.2) is 0 Å². The molecule has 194 valence electrons. The van der Waals surface area contributed by atoms with Crippen molar-refractivity contribution in [2.45, 2.75) is 37.6 Å². The van der Waals surface area contributed by atoms with Crippen molar-refractivity contribution < 1.29 is 43.7 Å². The Labute approximate surface area is 195 Å². The molecule has 1 saturated heterocycles. The van der Waals surface area contributed by atoms with Gasteiger partial charge in [-0.25, -0.2) is 10.2 Å². The Bertz CT molecular complexity index is 707. The molecule has 0 aromatic rings. The molecule has 0 saturated carbocycles. The molecule has 0 radical (unpaired) electrons. The van der Waals surface area contributed by atoms with E-state index < -0.39 is 60.5 Å². The Balaban J connectivity index is 2.88. The minimum Gasteiger partial charge on any atom is -0.394 e. The van der Waals surface area contributed by atoms with E-state index in [9.17, 15) is 34.2 Å². The van der Waals surface area contributed by atoms with Gasteiger partial charge in [-0.15, -0.1) is 0 Å². The van der Waals surface area contributed by atoms with Gasteiger partial charge in [-0.1, -0.05) is 0 Å². The lowest BCUT2D eigenvalue weighted by Gasteiger charge is -2.23. The van der Waals surface area contributed by atoms with Gasteiger partial charge in [-0.2, -0.15) is 0 Å². The van der Waals surface area contributed by atoms with Gasteiger partial charge >= 0.3 is 6.03 Å². The zero-order valence-corrected chi connectivity index (χ0v) is 18.8. The molecule has 16 heteroatoms. The van der Waals surface area contributed by atoms with Crippen LogP contribution in [-0.2, 0) is 28.7 Å². The molecule has 0 aliphatic carbocycles. The molecular formula is C18H33N7O9. The number of hydrazine groups is 1. The third-order valence-corrected chi connectivity index (χ3v) is 4.38. The SMILES string of the molecule is C[C@H](O)C1NC(=O)COCCOCCNC(=O)[C@@H](CO)NC(=O)N[C@H](CC(N)=O)CNNC1=O. The summed E-state index contributed by atoms with van der Waals surface area (Å²) in [6, 6.07) is -4.39. The van der Waals surface area contributed by atoms with E-state index in [1.54, 1.807) is 0 Å². The maximum Gasteiger partial charge on any atom is 0.315 e. The number of nitrogens with one attached hydrogen (secondary N) is 6. The van der Waals surface area contributed by atoms with Crippen molar-refractivity contribution in [1.29, 1.82) is 0 Å².